The number of hydrogen-bond donors (Lipinski definition) is 0. The summed E-state index contributed by atoms with van der Waals surface area (Å²) in [5.74, 6) is 0.748. The zero-order valence-corrected chi connectivity index (χ0v) is 17.3. The van der Waals surface area contributed by atoms with E-state index in [4.69, 9.17) is 9.84 Å². The van der Waals surface area contributed by atoms with Gasteiger partial charge in [0.05, 0.1) is 5.69 Å². The van der Waals surface area contributed by atoms with E-state index in [1.807, 2.05) is 41.5 Å². The third-order valence-electron chi connectivity index (χ3n) is 3.86. The first-order valence-electron chi connectivity index (χ1n) is 9.89. The van der Waals surface area contributed by atoms with Crippen molar-refractivity contribution in [1.29, 1.82) is 0 Å². The summed E-state index contributed by atoms with van der Waals surface area (Å²) in [5.41, 5.74) is 4.10. The summed E-state index contributed by atoms with van der Waals surface area (Å²) in [6.07, 6.45) is 4.49. The van der Waals surface area contributed by atoms with Crippen LogP contribution in [0.5, 0.6) is 0 Å². The summed E-state index contributed by atoms with van der Waals surface area (Å²) < 4.78 is 7.67. The Labute approximate surface area is 145 Å². The fourth-order valence-electron chi connectivity index (χ4n) is 2.75. The molecule has 1 aliphatic heterocycles. The van der Waals surface area contributed by atoms with Gasteiger partial charge in [0.2, 0.25) is 0 Å². The maximum atomic E-state index is 5.41. The van der Waals surface area contributed by atoms with Gasteiger partial charge in [-0.2, -0.15) is 5.10 Å². The number of ether oxygens (including phenoxy) is 1. The molecule has 1 aliphatic rings. The van der Waals surface area contributed by atoms with Gasteiger partial charge in [0.25, 0.3) is 0 Å². The molecule has 1 saturated heterocycles. The van der Waals surface area contributed by atoms with E-state index in [0.29, 0.717) is 0 Å². The van der Waals surface area contributed by atoms with Crippen LogP contribution < -0.4 is 0 Å². The second-order valence-electron chi connectivity index (χ2n) is 4.96. The van der Waals surface area contributed by atoms with Crippen LogP contribution in [0.1, 0.15) is 85.2 Å². The zero-order chi connectivity index (χ0) is 18.3. The molecule has 0 aromatic carbocycles. The van der Waals surface area contributed by atoms with Crippen molar-refractivity contribution >= 4 is 0 Å². The lowest BCUT2D eigenvalue weighted by Gasteiger charge is -2.22. The quantitative estimate of drug-likeness (QED) is 0.697. The van der Waals surface area contributed by atoms with Crippen molar-refractivity contribution in [1.82, 2.24) is 9.78 Å². The molecule has 3 nitrogen and oxygen atoms in total. The first-order valence-corrected chi connectivity index (χ1v) is 9.89. The highest BCUT2D eigenvalue weighted by atomic mass is 16.5. The Bertz CT molecular complexity index is 366. The molecule has 0 unspecified atom stereocenters. The van der Waals surface area contributed by atoms with Gasteiger partial charge in [0.1, 0.15) is 0 Å². The average Bonchev–Trinajstić information content (AvgIpc) is 2.95. The fourth-order valence-corrected chi connectivity index (χ4v) is 2.75. The third-order valence-corrected chi connectivity index (χ3v) is 3.86. The lowest BCUT2D eigenvalue weighted by atomic mass is 10.0. The molecule has 2 rings (SSSR count). The van der Waals surface area contributed by atoms with Crippen LogP contribution >= 0.6 is 0 Å². The summed E-state index contributed by atoms with van der Waals surface area (Å²) in [6, 6.07) is 0. The van der Waals surface area contributed by atoms with Gasteiger partial charge in [0, 0.05) is 25.5 Å². The van der Waals surface area contributed by atoms with Gasteiger partial charge in [-0.05, 0) is 44.1 Å². The van der Waals surface area contributed by atoms with Gasteiger partial charge in [-0.1, -0.05) is 55.4 Å². The smallest absolute Gasteiger partial charge is 0.0653 e. The van der Waals surface area contributed by atoms with Crippen molar-refractivity contribution in [3.63, 3.8) is 0 Å². The van der Waals surface area contributed by atoms with Gasteiger partial charge in [-0.15, -0.1) is 0 Å². The minimum absolute atomic E-state index is 0.748. The Morgan fingerprint density at radius 1 is 0.957 bits per heavy atom. The van der Waals surface area contributed by atoms with Crippen LogP contribution in [0, 0.1) is 12.8 Å². The van der Waals surface area contributed by atoms with Crippen LogP contribution in [0.4, 0.5) is 0 Å². The Morgan fingerprint density at radius 2 is 1.48 bits per heavy atom. The molecule has 0 bridgehead atoms. The fraction of sp³-hybridized carbons (Fsp3) is 0.850. The van der Waals surface area contributed by atoms with E-state index in [1.165, 1.54) is 29.8 Å². The summed E-state index contributed by atoms with van der Waals surface area (Å²) in [4.78, 5) is 0. The minimum Gasteiger partial charge on any atom is -0.381 e. The van der Waals surface area contributed by atoms with Crippen LogP contribution in [0.3, 0.4) is 0 Å². The zero-order valence-electron chi connectivity index (χ0n) is 17.3. The maximum absolute atomic E-state index is 5.41. The van der Waals surface area contributed by atoms with Crippen LogP contribution in [-0.2, 0) is 24.1 Å². The van der Waals surface area contributed by atoms with Gasteiger partial charge in [0.15, 0.2) is 0 Å². The van der Waals surface area contributed by atoms with E-state index in [1.54, 1.807) is 0 Å². The van der Waals surface area contributed by atoms with Gasteiger partial charge in [-0.25, -0.2) is 0 Å². The van der Waals surface area contributed by atoms with E-state index < -0.39 is 0 Å². The molecular formula is C20H42N2O. The maximum Gasteiger partial charge on any atom is 0.0653 e. The molecule has 0 amide bonds. The number of aromatic nitrogens is 2. The van der Waals surface area contributed by atoms with E-state index >= 15 is 0 Å². The Morgan fingerprint density at radius 3 is 1.91 bits per heavy atom. The molecule has 2 heterocycles. The SMILES string of the molecule is CC.CC.CC.CCc1nn(CC2CCOCC2)c(CC)c1C. The minimum atomic E-state index is 0.748. The number of rotatable bonds is 4. The van der Waals surface area contributed by atoms with Crippen molar-refractivity contribution in [2.75, 3.05) is 13.2 Å². The molecule has 23 heavy (non-hydrogen) atoms. The number of aryl methyl sites for hydroxylation is 1. The molecule has 0 saturated carbocycles. The summed E-state index contributed by atoms with van der Waals surface area (Å²) in [7, 11) is 0. The molecule has 0 atom stereocenters. The van der Waals surface area contributed by atoms with Crippen molar-refractivity contribution in [3.05, 3.63) is 17.0 Å². The third kappa shape index (κ3) is 8.01. The molecule has 0 spiro atoms. The largest absolute Gasteiger partial charge is 0.381 e. The summed E-state index contributed by atoms with van der Waals surface area (Å²) >= 11 is 0. The first kappa shape index (κ1) is 24.4. The van der Waals surface area contributed by atoms with Crippen LogP contribution in [0.15, 0.2) is 0 Å². The normalized spacial score (nSPS) is 13.8. The van der Waals surface area contributed by atoms with Gasteiger partial charge < -0.3 is 4.74 Å². The molecule has 3 heteroatoms. The summed E-state index contributed by atoms with van der Waals surface area (Å²) in [6.45, 7) is 21.6. The van der Waals surface area contributed by atoms with Gasteiger partial charge >= 0.3 is 0 Å². The standard InChI is InChI=1S/C14H24N2O.3C2H6/c1-4-13-11(3)14(5-2)16(15-13)10-12-6-8-17-9-7-12;3*1-2/h12H,4-10H2,1-3H3;3*1-2H3. The van der Waals surface area contributed by atoms with Crippen molar-refractivity contribution in [2.45, 2.75) is 94.5 Å². The predicted molar refractivity (Wildman–Crippen MR) is 103 cm³/mol. The van der Waals surface area contributed by atoms with E-state index in [0.717, 1.165) is 38.5 Å². The van der Waals surface area contributed by atoms with Crippen molar-refractivity contribution in [2.24, 2.45) is 5.92 Å². The number of hydrogen-bond acceptors (Lipinski definition) is 2. The molecule has 1 fully saturated rings. The average molecular weight is 327 g/mol. The molecular weight excluding hydrogens is 284 g/mol. The molecule has 0 aliphatic carbocycles. The second-order valence-corrected chi connectivity index (χ2v) is 4.96. The second kappa shape index (κ2) is 16.0. The molecule has 1 aromatic rings. The van der Waals surface area contributed by atoms with Crippen LogP contribution in [0.2, 0.25) is 0 Å². The molecule has 138 valence electrons. The molecule has 1 aromatic heterocycles. The highest BCUT2D eigenvalue weighted by Crippen LogP contribution is 2.21. The van der Waals surface area contributed by atoms with Crippen LogP contribution in [-0.4, -0.2) is 23.0 Å². The Hall–Kier alpha value is -0.830. The molecule has 0 N–H and O–H groups in total. The lowest BCUT2D eigenvalue weighted by Crippen LogP contribution is -2.22. The lowest BCUT2D eigenvalue weighted by molar-refractivity contribution is 0.0598. The monoisotopic (exact) mass is 326 g/mol. The molecule has 0 radical (unpaired) electrons. The summed E-state index contributed by atoms with van der Waals surface area (Å²) in [5, 5.41) is 4.77. The van der Waals surface area contributed by atoms with E-state index in [-0.39, 0.29) is 0 Å². The van der Waals surface area contributed by atoms with E-state index in [2.05, 4.69) is 25.5 Å². The Balaban J connectivity index is 0. The topological polar surface area (TPSA) is 27.1 Å². The van der Waals surface area contributed by atoms with Crippen LogP contribution in [0.25, 0.3) is 0 Å². The highest BCUT2D eigenvalue weighted by molar-refractivity contribution is 5.24. The first-order chi connectivity index (χ1) is 11.3. The van der Waals surface area contributed by atoms with Crippen molar-refractivity contribution < 1.29 is 4.74 Å². The van der Waals surface area contributed by atoms with E-state index in [9.17, 15) is 0 Å². The van der Waals surface area contributed by atoms with Gasteiger partial charge in [-0.3, -0.25) is 4.68 Å². The van der Waals surface area contributed by atoms with Crippen molar-refractivity contribution in [3.8, 4) is 0 Å². The number of nitrogens with zero attached hydrogens (tertiary/aromatic N) is 2. The Kier molecular flexibility index (Phi) is 17.0. The predicted octanol–water partition coefficient (Wildman–Crippen LogP) is 5.82. The highest BCUT2D eigenvalue weighted by Gasteiger charge is 2.18.